The molecule has 1 rings (SSSR count). The predicted molar refractivity (Wildman–Crippen MR) is 65.5 cm³/mol. The van der Waals surface area contributed by atoms with Gasteiger partial charge in [0.15, 0.2) is 0 Å². The number of carboxylic acid groups (broad SMARTS) is 1. The van der Waals surface area contributed by atoms with Crippen LogP contribution in [-0.4, -0.2) is 35.1 Å². The summed E-state index contributed by atoms with van der Waals surface area (Å²) < 4.78 is 0. The molecule has 1 fully saturated rings. The van der Waals surface area contributed by atoms with Crippen molar-refractivity contribution in [2.24, 2.45) is 11.8 Å². The van der Waals surface area contributed by atoms with Gasteiger partial charge in [-0.15, -0.1) is 0 Å². The van der Waals surface area contributed by atoms with Crippen molar-refractivity contribution in [2.45, 2.75) is 52.5 Å². The van der Waals surface area contributed by atoms with Gasteiger partial charge in [0, 0.05) is 0 Å². The van der Waals surface area contributed by atoms with Crippen molar-refractivity contribution < 1.29 is 9.90 Å². The second-order valence-electron chi connectivity index (χ2n) is 5.27. The second-order valence-corrected chi connectivity index (χ2v) is 5.27. The molecule has 1 saturated heterocycles. The van der Waals surface area contributed by atoms with Gasteiger partial charge in [0.05, 0.1) is 0 Å². The Balaban J connectivity index is 2.61. The van der Waals surface area contributed by atoms with E-state index in [-0.39, 0.29) is 12.0 Å². The highest BCUT2D eigenvalue weighted by atomic mass is 16.4. The third kappa shape index (κ3) is 3.48. The zero-order chi connectivity index (χ0) is 12.1. The lowest BCUT2D eigenvalue weighted by Crippen LogP contribution is -2.45. The van der Waals surface area contributed by atoms with Gasteiger partial charge >= 0.3 is 5.97 Å². The van der Waals surface area contributed by atoms with Gasteiger partial charge in [-0.05, 0) is 44.2 Å². The molecule has 2 unspecified atom stereocenters. The van der Waals surface area contributed by atoms with Crippen LogP contribution in [0.25, 0.3) is 0 Å². The molecule has 2 atom stereocenters. The van der Waals surface area contributed by atoms with Crippen molar-refractivity contribution in [3.8, 4) is 0 Å². The highest BCUT2D eigenvalue weighted by molar-refractivity contribution is 5.73. The minimum absolute atomic E-state index is 0.190. The van der Waals surface area contributed by atoms with Gasteiger partial charge in [0.25, 0.3) is 0 Å². The lowest BCUT2D eigenvalue weighted by molar-refractivity contribution is -0.145. The summed E-state index contributed by atoms with van der Waals surface area (Å²) in [5, 5.41) is 9.27. The summed E-state index contributed by atoms with van der Waals surface area (Å²) in [5.41, 5.74) is 0. The molecule has 0 radical (unpaired) electrons. The molecule has 0 spiro atoms. The van der Waals surface area contributed by atoms with Gasteiger partial charge in [0.2, 0.25) is 0 Å². The summed E-state index contributed by atoms with van der Waals surface area (Å²) >= 11 is 0. The van der Waals surface area contributed by atoms with Crippen molar-refractivity contribution in [1.29, 1.82) is 0 Å². The summed E-state index contributed by atoms with van der Waals surface area (Å²) in [7, 11) is 0. The molecule has 1 aliphatic rings. The third-order valence-corrected chi connectivity index (χ3v) is 3.74. The molecule has 1 N–H and O–H groups in total. The highest BCUT2D eigenvalue weighted by Crippen LogP contribution is 2.23. The number of carboxylic acids is 1. The Morgan fingerprint density at radius 1 is 1.38 bits per heavy atom. The average molecular weight is 227 g/mol. The van der Waals surface area contributed by atoms with Gasteiger partial charge in [-0.2, -0.15) is 0 Å². The quantitative estimate of drug-likeness (QED) is 0.802. The van der Waals surface area contributed by atoms with E-state index < -0.39 is 5.97 Å². The number of hydrogen-bond acceptors (Lipinski definition) is 2. The first kappa shape index (κ1) is 13.5. The fourth-order valence-corrected chi connectivity index (χ4v) is 2.74. The van der Waals surface area contributed by atoms with Crippen LogP contribution >= 0.6 is 0 Å². The van der Waals surface area contributed by atoms with E-state index in [1.165, 1.54) is 12.8 Å². The molecule has 0 aromatic heterocycles. The first-order valence-electron chi connectivity index (χ1n) is 6.53. The van der Waals surface area contributed by atoms with Gasteiger partial charge in [0.1, 0.15) is 6.04 Å². The monoisotopic (exact) mass is 227 g/mol. The predicted octanol–water partition coefficient (Wildman–Crippen LogP) is 2.61. The molecule has 3 heteroatoms. The van der Waals surface area contributed by atoms with Crippen molar-refractivity contribution in [3.63, 3.8) is 0 Å². The third-order valence-electron chi connectivity index (χ3n) is 3.74. The Hall–Kier alpha value is -0.570. The maximum Gasteiger partial charge on any atom is 0.321 e. The number of hydrogen-bond donors (Lipinski definition) is 1. The Bertz CT molecular complexity index is 228. The molecule has 0 aromatic rings. The normalized spacial score (nSPS) is 25.4. The lowest BCUT2D eigenvalue weighted by Gasteiger charge is -2.30. The SMILES string of the molecule is CCC1CCCN(C(C(=O)O)C(C)C)CC1. The number of nitrogens with zero attached hydrogens (tertiary/aromatic N) is 1. The van der Waals surface area contributed by atoms with Crippen LogP contribution < -0.4 is 0 Å². The van der Waals surface area contributed by atoms with Crippen LogP contribution in [0.15, 0.2) is 0 Å². The number of carbonyl (C=O) groups is 1. The smallest absolute Gasteiger partial charge is 0.321 e. The van der Waals surface area contributed by atoms with E-state index in [9.17, 15) is 9.90 Å². The van der Waals surface area contributed by atoms with Crippen LogP contribution in [0.3, 0.4) is 0 Å². The maximum absolute atomic E-state index is 11.3. The largest absolute Gasteiger partial charge is 0.480 e. The minimum atomic E-state index is -0.662. The van der Waals surface area contributed by atoms with Crippen LogP contribution in [0.2, 0.25) is 0 Å². The average Bonchev–Trinajstić information content (AvgIpc) is 2.42. The van der Waals surface area contributed by atoms with Crippen molar-refractivity contribution in [1.82, 2.24) is 4.90 Å². The molecule has 1 heterocycles. The summed E-state index contributed by atoms with van der Waals surface area (Å²) in [6.45, 7) is 8.14. The zero-order valence-corrected chi connectivity index (χ0v) is 10.8. The van der Waals surface area contributed by atoms with Gasteiger partial charge in [-0.1, -0.05) is 27.2 Å². The first-order valence-corrected chi connectivity index (χ1v) is 6.53. The summed E-state index contributed by atoms with van der Waals surface area (Å²) in [5.74, 6) is 0.326. The Kier molecular flexibility index (Phi) is 5.26. The lowest BCUT2D eigenvalue weighted by atomic mass is 9.98. The fraction of sp³-hybridized carbons (Fsp3) is 0.923. The molecule has 94 valence electrons. The summed E-state index contributed by atoms with van der Waals surface area (Å²) in [6.07, 6.45) is 4.80. The standard InChI is InChI=1S/C13H25NO2/c1-4-11-6-5-8-14(9-7-11)12(10(2)3)13(15)16/h10-12H,4-9H2,1-3H3,(H,15,16). The van der Waals surface area contributed by atoms with E-state index in [2.05, 4.69) is 11.8 Å². The molecule has 0 bridgehead atoms. The molecule has 0 saturated carbocycles. The van der Waals surface area contributed by atoms with E-state index in [0.29, 0.717) is 0 Å². The fourth-order valence-electron chi connectivity index (χ4n) is 2.74. The van der Waals surface area contributed by atoms with Crippen LogP contribution in [-0.2, 0) is 4.79 Å². The second kappa shape index (κ2) is 6.24. The minimum Gasteiger partial charge on any atom is -0.480 e. The molecule has 0 aliphatic carbocycles. The van der Waals surface area contributed by atoms with Crippen LogP contribution in [0.5, 0.6) is 0 Å². The van der Waals surface area contributed by atoms with E-state index in [1.807, 2.05) is 13.8 Å². The van der Waals surface area contributed by atoms with Crippen molar-refractivity contribution in [2.75, 3.05) is 13.1 Å². The number of rotatable bonds is 4. The topological polar surface area (TPSA) is 40.5 Å². The van der Waals surface area contributed by atoms with Crippen molar-refractivity contribution in [3.05, 3.63) is 0 Å². The Morgan fingerprint density at radius 3 is 2.56 bits per heavy atom. The first-order chi connectivity index (χ1) is 7.56. The van der Waals surface area contributed by atoms with Gasteiger partial charge < -0.3 is 5.11 Å². The number of likely N-dealkylation sites (tertiary alicyclic amines) is 1. The maximum atomic E-state index is 11.3. The van der Waals surface area contributed by atoms with Gasteiger partial charge in [-0.3, -0.25) is 9.69 Å². The number of aliphatic carboxylic acids is 1. The van der Waals surface area contributed by atoms with Crippen LogP contribution in [0.4, 0.5) is 0 Å². The Morgan fingerprint density at radius 2 is 2.06 bits per heavy atom. The van der Waals surface area contributed by atoms with E-state index >= 15 is 0 Å². The van der Waals surface area contributed by atoms with E-state index in [0.717, 1.165) is 31.8 Å². The van der Waals surface area contributed by atoms with E-state index in [1.54, 1.807) is 0 Å². The van der Waals surface area contributed by atoms with Crippen molar-refractivity contribution >= 4 is 5.97 Å². The van der Waals surface area contributed by atoms with Crippen LogP contribution in [0, 0.1) is 11.8 Å². The molecule has 1 aliphatic heterocycles. The zero-order valence-electron chi connectivity index (χ0n) is 10.8. The highest BCUT2D eigenvalue weighted by Gasteiger charge is 2.29. The summed E-state index contributed by atoms with van der Waals surface area (Å²) in [4.78, 5) is 13.4. The molecule has 16 heavy (non-hydrogen) atoms. The molecular formula is C13H25NO2. The Labute approximate surface area is 98.8 Å². The molecule has 0 amide bonds. The van der Waals surface area contributed by atoms with E-state index in [4.69, 9.17) is 0 Å². The molecule has 3 nitrogen and oxygen atoms in total. The molecular weight excluding hydrogens is 202 g/mol. The molecule has 0 aromatic carbocycles. The summed E-state index contributed by atoms with van der Waals surface area (Å²) in [6, 6.07) is -0.296. The van der Waals surface area contributed by atoms with Crippen LogP contribution in [0.1, 0.15) is 46.5 Å². The van der Waals surface area contributed by atoms with Gasteiger partial charge in [-0.25, -0.2) is 0 Å².